The summed E-state index contributed by atoms with van der Waals surface area (Å²) in [6, 6.07) is 14.0. The van der Waals surface area contributed by atoms with Crippen molar-refractivity contribution in [2.75, 3.05) is 6.54 Å². The third-order valence-electron chi connectivity index (χ3n) is 3.82. The fraction of sp³-hybridized carbons (Fsp3) is 0.211. The molecule has 5 heteroatoms. The number of benzene rings is 2. The Balaban J connectivity index is 1.55. The van der Waals surface area contributed by atoms with Gasteiger partial charge in [0.1, 0.15) is 5.82 Å². The summed E-state index contributed by atoms with van der Waals surface area (Å²) in [5, 5.41) is 17.7. The number of hydrogen-bond donors (Lipinski definition) is 2. The molecule has 0 aliphatic carbocycles. The predicted molar refractivity (Wildman–Crippen MR) is 91.4 cm³/mol. The van der Waals surface area contributed by atoms with Gasteiger partial charge in [-0.3, -0.25) is 0 Å². The van der Waals surface area contributed by atoms with Crippen molar-refractivity contribution in [3.8, 4) is 5.69 Å². The second-order valence-electron chi connectivity index (χ2n) is 5.83. The molecule has 0 aliphatic rings. The first-order valence-electron chi connectivity index (χ1n) is 7.86. The predicted octanol–water partition coefficient (Wildman–Crippen LogP) is 3.14. The molecule has 1 aromatic heterocycles. The molecular formula is C19H20FN3O. The van der Waals surface area contributed by atoms with Crippen LogP contribution in [0, 0.1) is 12.7 Å². The van der Waals surface area contributed by atoms with Crippen molar-refractivity contribution < 1.29 is 9.50 Å². The van der Waals surface area contributed by atoms with Crippen molar-refractivity contribution in [3.63, 3.8) is 0 Å². The van der Waals surface area contributed by atoms with Gasteiger partial charge in [-0.15, -0.1) is 0 Å². The van der Waals surface area contributed by atoms with E-state index in [2.05, 4.69) is 10.4 Å². The van der Waals surface area contributed by atoms with Crippen molar-refractivity contribution >= 4 is 0 Å². The fourth-order valence-electron chi connectivity index (χ4n) is 2.53. The number of nitrogens with zero attached hydrogens (tertiary/aromatic N) is 2. The highest BCUT2D eigenvalue weighted by Crippen LogP contribution is 2.14. The Morgan fingerprint density at radius 1 is 1.21 bits per heavy atom. The highest BCUT2D eigenvalue weighted by molar-refractivity contribution is 5.31. The first-order valence-corrected chi connectivity index (χ1v) is 7.86. The van der Waals surface area contributed by atoms with Crippen LogP contribution in [0.1, 0.15) is 22.8 Å². The smallest absolute Gasteiger partial charge is 0.123 e. The lowest BCUT2D eigenvalue weighted by atomic mass is 10.1. The topological polar surface area (TPSA) is 50.1 Å². The van der Waals surface area contributed by atoms with Crippen LogP contribution in [0.3, 0.4) is 0 Å². The zero-order valence-corrected chi connectivity index (χ0v) is 13.5. The summed E-state index contributed by atoms with van der Waals surface area (Å²) in [6.07, 6.45) is 3.10. The molecule has 3 rings (SSSR count). The molecule has 0 radical (unpaired) electrons. The van der Waals surface area contributed by atoms with Gasteiger partial charge < -0.3 is 10.4 Å². The van der Waals surface area contributed by atoms with Crippen LogP contribution in [0.5, 0.6) is 0 Å². The van der Waals surface area contributed by atoms with Gasteiger partial charge in [0.05, 0.1) is 18.0 Å². The Bertz CT molecular complexity index is 798. The van der Waals surface area contributed by atoms with E-state index < -0.39 is 6.10 Å². The number of nitrogens with one attached hydrogen (secondary N) is 1. The molecule has 1 unspecified atom stereocenters. The maximum absolute atomic E-state index is 13.0. The Morgan fingerprint density at radius 2 is 2.00 bits per heavy atom. The third-order valence-corrected chi connectivity index (χ3v) is 3.82. The van der Waals surface area contributed by atoms with Crippen LogP contribution in [-0.4, -0.2) is 21.4 Å². The van der Waals surface area contributed by atoms with Gasteiger partial charge in [-0.05, 0) is 36.8 Å². The summed E-state index contributed by atoms with van der Waals surface area (Å²) < 4.78 is 14.7. The van der Waals surface area contributed by atoms with E-state index in [-0.39, 0.29) is 5.82 Å². The largest absolute Gasteiger partial charge is 0.387 e. The van der Waals surface area contributed by atoms with E-state index in [1.54, 1.807) is 23.0 Å². The van der Waals surface area contributed by atoms with Gasteiger partial charge in [-0.1, -0.05) is 29.8 Å². The lowest BCUT2D eigenvalue weighted by molar-refractivity contribution is 0.174. The lowest BCUT2D eigenvalue weighted by Crippen LogP contribution is -2.20. The molecule has 0 bridgehead atoms. The minimum Gasteiger partial charge on any atom is -0.387 e. The molecule has 0 saturated heterocycles. The number of aliphatic hydroxyl groups is 1. The van der Waals surface area contributed by atoms with Gasteiger partial charge in [0.25, 0.3) is 0 Å². The summed E-state index contributed by atoms with van der Waals surface area (Å²) in [5.74, 6) is -0.266. The summed E-state index contributed by atoms with van der Waals surface area (Å²) in [6.45, 7) is 3.07. The summed E-state index contributed by atoms with van der Waals surface area (Å²) in [4.78, 5) is 0. The van der Waals surface area contributed by atoms with Gasteiger partial charge in [0, 0.05) is 24.8 Å². The second kappa shape index (κ2) is 7.38. The van der Waals surface area contributed by atoms with E-state index in [0.29, 0.717) is 13.1 Å². The molecule has 1 atom stereocenters. The van der Waals surface area contributed by atoms with Crippen molar-refractivity contribution in [1.82, 2.24) is 15.1 Å². The Labute approximate surface area is 140 Å². The summed E-state index contributed by atoms with van der Waals surface area (Å²) >= 11 is 0. The van der Waals surface area contributed by atoms with E-state index in [0.717, 1.165) is 22.4 Å². The first kappa shape index (κ1) is 16.4. The normalized spacial score (nSPS) is 12.3. The van der Waals surface area contributed by atoms with Gasteiger partial charge in [0.15, 0.2) is 0 Å². The van der Waals surface area contributed by atoms with Crippen molar-refractivity contribution in [2.24, 2.45) is 0 Å². The van der Waals surface area contributed by atoms with E-state index in [1.165, 1.54) is 12.1 Å². The molecule has 1 heterocycles. The average molecular weight is 325 g/mol. The van der Waals surface area contributed by atoms with Crippen LogP contribution in [0.15, 0.2) is 60.9 Å². The molecule has 2 N–H and O–H groups in total. The van der Waals surface area contributed by atoms with Crippen LogP contribution in [0.4, 0.5) is 4.39 Å². The molecule has 0 aliphatic heterocycles. The molecule has 0 saturated carbocycles. The first-order chi connectivity index (χ1) is 11.6. The van der Waals surface area contributed by atoms with E-state index in [9.17, 15) is 9.50 Å². The van der Waals surface area contributed by atoms with E-state index in [4.69, 9.17) is 0 Å². The molecule has 0 fully saturated rings. The number of hydrogen-bond acceptors (Lipinski definition) is 3. The van der Waals surface area contributed by atoms with Crippen molar-refractivity contribution in [2.45, 2.75) is 19.6 Å². The molecule has 3 aromatic rings. The summed E-state index contributed by atoms with van der Waals surface area (Å²) in [5.41, 5.74) is 3.84. The van der Waals surface area contributed by atoms with Crippen molar-refractivity contribution in [3.05, 3.63) is 83.4 Å². The van der Waals surface area contributed by atoms with Crippen LogP contribution in [0.2, 0.25) is 0 Å². The molecule has 2 aromatic carbocycles. The zero-order valence-electron chi connectivity index (χ0n) is 13.5. The molecule has 4 nitrogen and oxygen atoms in total. The van der Waals surface area contributed by atoms with Crippen LogP contribution in [-0.2, 0) is 6.54 Å². The quantitative estimate of drug-likeness (QED) is 0.732. The Hall–Kier alpha value is -2.50. The highest BCUT2D eigenvalue weighted by Gasteiger charge is 2.07. The SMILES string of the molecule is Cc1cccc(C(O)CNCc2cnn(-c3ccc(F)cc3)c2)c1. The van der Waals surface area contributed by atoms with Gasteiger partial charge in [-0.25, -0.2) is 9.07 Å². The average Bonchev–Trinajstić information content (AvgIpc) is 3.04. The number of halogens is 1. The summed E-state index contributed by atoms with van der Waals surface area (Å²) in [7, 11) is 0. The minimum absolute atomic E-state index is 0.266. The number of rotatable bonds is 6. The third kappa shape index (κ3) is 4.07. The molecule has 124 valence electrons. The van der Waals surface area contributed by atoms with Gasteiger partial charge in [-0.2, -0.15) is 5.10 Å². The van der Waals surface area contributed by atoms with Crippen LogP contribution >= 0.6 is 0 Å². The maximum atomic E-state index is 13.0. The lowest BCUT2D eigenvalue weighted by Gasteiger charge is -2.12. The van der Waals surface area contributed by atoms with Gasteiger partial charge in [0.2, 0.25) is 0 Å². The van der Waals surface area contributed by atoms with Crippen LogP contribution in [0.25, 0.3) is 5.69 Å². The molecule has 24 heavy (non-hydrogen) atoms. The molecule has 0 spiro atoms. The second-order valence-corrected chi connectivity index (χ2v) is 5.83. The number of aliphatic hydroxyl groups excluding tert-OH is 1. The van der Waals surface area contributed by atoms with Gasteiger partial charge >= 0.3 is 0 Å². The number of aromatic nitrogens is 2. The highest BCUT2D eigenvalue weighted by atomic mass is 19.1. The number of aryl methyl sites for hydroxylation is 1. The van der Waals surface area contributed by atoms with E-state index in [1.807, 2.05) is 37.4 Å². The van der Waals surface area contributed by atoms with Crippen LogP contribution < -0.4 is 5.32 Å². The zero-order chi connectivity index (χ0) is 16.9. The molecular weight excluding hydrogens is 305 g/mol. The molecule has 0 amide bonds. The Kier molecular flexibility index (Phi) is 5.03. The monoisotopic (exact) mass is 325 g/mol. The minimum atomic E-state index is -0.544. The van der Waals surface area contributed by atoms with Crippen molar-refractivity contribution in [1.29, 1.82) is 0 Å². The standard InChI is InChI=1S/C19H20FN3O/c1-14-3-2-4-16(9-14)19(24)12-21-10-15-11-22-23(13-15)18-7-5-17(20)6-8-18/h2-9,11,13,19,21,24H,10,12H2,1H3. The Morgan fingerprint density at radius 3 is 2.75 bits per heavy atom. The maximum Gasteiger partial charge on any atom is 0.123 e. The fourth-order valence-corrected chi connectivity index (χ4v) is 2.53. The van der Waals surface area contributed by atoms with E-state index >= 15 is 0 Å².